The molecule has 6 rings (SSSR count). The van der Waals surface area contributed by atoms with Crippen molar-refractivity contribution in [1.29, 1.82) is 0 Å². The van der Waals surface area contributed by atoms with Crippen molar-refractivity contribution in [3.63, 3.8) is 0 Å². The highest BCUT2D eigenvalue weighted by atomic mass is 16.5. The molecule has 0 unspecified atom stereocenters. The Labute approximate surface area is 187 Å². The van der Waals surface area contributed by atoms with E-state index in [1.54, 1.807) is 0 Å². The van der Waals surface area contributed by atoms with E-state index in [9.17, 15) is 4.79 Å². The second-order valence-electron chi connectivity index (χ2n) is 9.14. The molecule has 6 nitrogen and oxygen atoms in total. The quantitative estimate of drug-likeness (QED) is 0.665. The molecule has 1 aromatic heterocycles. The van der Waals surface area contributed by atoms with Crippen LogP contribution in [0.15, 0.2) is 48.5 Å². The fourth-order valence-corrected chi connectivity index (χ4v) is 5.85. The Morgan fingerprint density at radius 2 is 2.03 bits per heavy atom. The first-order chi connectivity index (χ1) is 15.6. The smallest absolute Gasteiger partial charge is 0.254 e. The van der Waals surface area contributed by atoms with Crippen molar-refractivity contribution in [3.8, 4) is 0 Å². The third kappa shape index (κ3) is 3.01. The van der Waals surface area contributed by atoms with Gasteiger partial charge >= 0.3 is 0 Å². The van der Waals surface area contributed by atoms with Gasteiger partial charge in [0.25, 0.3) is 5.91 Å². The van der Waals surface area contributed by atoms with Gasteiger partial charge in [0.15, 0.2) is 0 Å². The Bertz CT molecular complexity index is 1200. The maximum Gasteiger partial charge on any atom is 0.254 e. The van der Waals surface area contributed by atoms with Crippen LogP contribution in [0.2, 0.25) is 0 Å². The maximum atomic E-state index is 13.8. The van der Waals surface area contributed by atoms with Gasteiger partial charge < -0.3 is 20.1 Å². The predicted molar refractivity (Wildman–Crippen MR) is 122 cm³/mol. The summed E-state index contributed by atoms with van der Waals surface area (Å²) in [6, 6.07) is 16.5. The standard InChI is InChI=1S/C26H27N3O3/c1-15-24-21(14-32-15)18-11-17(7-8-22(18)28-25(24)27)26(30)29-12-19(16-5-3-2-4-6-16)20-13-31-10-9-23(20)29/h2-8,11,15,19-20,23H,9-10,12-14H2,1H3,(H2,27,28)/t15-,19+,20-,23+/m1/s1. The summed E-state index contributed by atoms with van der Waals surface area (Å²) in [5.74, 6) is 1.23. The third-order valence-electron chi connectivity index (χ3n) is 7.46. The van der Waals surface area contributed by atoms with Crippen LogP contribution in [0.3, 0.4) is 0 Å². The number of aromatic nitrogens is 1. The van der Waals surface area contributed by atoms with Crippen LogP contribution in [0.5, 0.6) is 0 Å². The van der Waals surface area contributed by atoms with Crippen LogP contribution in [-0.4, -0.2) is 41.6 Å². The maximum absolute atomic E-state index is 13.8. The van der Waals surface area contributed by atoms with Gasteiger partial charge in [-0.1, -0.05) is 30.3 Å². The molecule has 0 radical (unpaired) electrons. The van der Waals surface area contributed by atoms with Crippen LogP contribution in [0, 0.1) is 5.92 Å². The van der Waals surface area contributed by atoms with Gasteiger partial charge in [-0.25, -0.2) is 4.98 Å². The number of benzene rings is 2. The van der Waals surface area contributed by atoms with Gasteiger partial charge in [-0.15, -0.1) is 0 Å². The molecule has 0 spiro atoms. The highest BCUT2D eigenvalue weighted by molar-refractivity contribution is 5.99. The van der Waals surface area contributed by atoms with Gasteiger partial charge in [0, 0.05) is 47.5 Å². The van der Waals surface area contributed by atoms with Crippen molar-refractivity contribution in [1.82, 2.24) is 9.88 Å². The lowest BCUT2D eigenvalue weighted by Crippen LogP contribution is -2.42. The van der Waals surface area contributed by atoms with Crippen LogP contribution in [0.4, 0.5) is 5.82 Å². The normalized spacial score (nSPS) is 26.8. The minimum absolute atomic E-state index is 0.0746. The van der Waals surface area contributed by atoms with Crippen LogP contribution in [-0.2, 0) is 16.1 Å². The monoisotopic (exact) mass is 429 g/mol. The summed E-state index contributed by atoms with van der Waals surface area (Å²) < 4.78 is 11.6. The van der Waals surface area contributed by atoms with E-state index in [0.29, 0.717) is 43.0 Å². The van der Waals surface area contributed by atoms with Crippen molar-refractivity contribution in [2.45, 2.75) is 38.0 Å². The Morgan fingerprint density at radius 1 is 1.19 bits per heavy atom. The van der Waals surface area contributed by atoms with E-state index in [1.165, 1.54) is 5.56 Å². The molecule has 4 heterocycles. The molecule has 0 aliphatic carbocycles. The van der Waals surface area contributed by atoms with E-state index in [2.05, 4.69) is 34.1 Å². The molecule has 1 amide bonds. The van der Waals surface area contributed by atoms with Gasteiger partial charge in [-0.05, 0) is 42.7 Å². The second-order valence-corrected chi connectivity index (χ2v) is 9.14. The summed E-state index contributed by atoms with van der Waals surface area (Å²) in [6.45, 7) is 4.62. The SMILES string of the molecule is C[C@H]1OCc2c1c(N)nc1ccc(C(=O)N3C[C@@H](c4ccccc4)[C@H]4COCC[C@@H]43)cc21. The zero-order valence-corrected chi connectivity index (χ0v) is 18.2. The Kier molecular flexibility index (Phi) is 4.66. The van der Waals surface area contributed by atoms with E-state index in [0.717, 1.165) is 35.0 Å². The van der Waals surface area contributed by atoms with Crippen LogP contribution in [0.25, 0.3) is 10.9 Å². The summed E-state index contributed by atoms with van der Waals surface area (Å²) >= 11 is 0. The van der Waals surface area contributed by atoms with E-state index in [4.69, 9.17) is 15.2 Å². The van der Waals surface area contributed by atoms with Gasteiger partial charge in [0.1, 0.15) is 5.82 Å². The molecule has 164 valence electrons. The number of carbonyl (C=O) groups is 1. The Balaban J connectivity index is 1.37. The predicted octanol–water partition coefficient (Wildman–Crippen LogP) is 4.05. The average Bonchev–Trinajstić information content (AvgIpc) is 3.41. The van der Waals surface area contributed by atoms with E-state index < -0.39 is 0 Å². The minimum atomic E-state index is -0.0746. The van der Waals surface area contributed by atoms with Crippen molar-refractivity contribution in [2.75, 3.05) is 25.5 Å². The number of rotatable bonds is 2. The number of carbonyl (C=O) groups excluding carboxylic acids is 1. The van der Waals surface area contributed by atoms with E-state index >= 15 is 0 Å². The van der Waals surface area contributed by atoms with Crippen LogP contribution in [0.1, 0.15) is 52.4 Å². The third-order valence-corrected chi connectivity index (χ3v) is 7.46. The second kappa shape index (κ2) is 7.57. The zero-order valence-electron chi connectivity index (χ0n) is 18.2. The summed E-state index contributed by atoms with van der Waals surface area (Å²) in [5.41, 5.74) is 11.0. The van der Waals surface area contributed by atoms with Crippen LogP contribution < -0.4 is 5.73 Å². The van der Waals surface area contributed by atoms with Gasteiger partial charge in [-0.3, -0.25) is 4.79 Å². The first-order valence-electron chi connectivity index (χ1n) is 11.4. The van der Waals surface area contributed by atoms with Crippen molar-refractivity contribution in [2.24, 2.45) is 5.92 Å². The van der Waals surface area contributed by atoms with Gasteiger partial charge in [-0.2, -0.15) is 0 Å². The molecule has 0 bridgehead atoms. The molecule has 6 heteroatoms. The number of ether oxygens (including phenoxy) is 2. The number of nitrogens with zero attached hydrogens (tertiary/aromatic N) is 2. The van der Waals surface area contributed by atoms with Gasteiger partial charge in [0.2, 0.25) is 0 Å². The van der Waals surface area contributed by atoms with Crippen molar-refractivity contribution < 1.29 is 14.3 Å². The molecule has 2 N–H and O–H groups in total. The van der Waals surface area contributed by atoms with Gasteiger partial charge in [0.05, 0.1) is 24.8 Å². The molecule has 32 heavy (non-hydrogen) atoms. The molecule has 3 aromatic rings. The minimum Gasteiger partial charge on any atom is -0.383 e. The number of pyridine rings is 1. The summed E-state index contributed by atoms with van der Waals surface area (Å²) in [7, 11) is 0. The van der Waals surface area contributed by atoms with Crippen molar-refractivity contribution >= 4 is 22.6 Å². The molecule has 2 saturated heterocycles. The number of hydrogen-bond acceptors (Lipinski definition) is 5. The molecule has 4 atom stereocenters. The Morgan fingerprint density at radius 3 is 2.88 bits per heavy atom. The van der Waals surface area contributed by atoms with Crippen molar-refractivity contribution in [3.05, 3.63) is 70.8 Å². The number of nitrogens with two attached hydrogens (primary N) is 1. The zero-order chi connectivity index (χ0) is 21.8. The molecule has 3 aliphatic rings. The largest absolute Gasteiger partial charge is 0.383 e. The highest BCUT2D eigenvalue weighted by Gasteiger charge is 2.46. The number of nitrogen functional groups attached to an aromatic ring is 1. The number of likely N-dealkylation sites (tertiary alicyclic amines) is 1. The van der Waals surface area contributed by atoms with Crippen LogP contribution >= 0.6 is 0 Å². The fourth-order valence-electron chi connectivity index (χ4n) is 5.85. The molecule has 0 saturated carbocycles. The lowest BCUT2D eigenvalue weighted by atomic mass is 9.84. The van der Waals surface area contributed by atoms with E-state index in [1.807, 2.05) is 31.2 Å². The number of amides is 1. The highest BCUT2D eigenvalue weighted by Crippen LogP contribution is 2.42. The first-order valence-corrected chi connectivity index (χ1v) is 11.4. The number of hydrogen-bond donors (Lipinski definition) is 1. The average molecular weight is 430 g/mol. The summed E-state index contributed by atoms with van der Waals surface area (Å²) in [6.07, 6.45) is 0.807. The Hall–Kier alpha value is -2.96. The van der Waals surface area contributed by atoms with E-state index in [-0.39, 0.29) is 18.1 Å². The molecular formula is C26H27N3O3. The molecule has 2 aromatic carbocycles. The molecule has 2 fully saturated rings. The lowest BCUT2D eigenvalue weighted by molar-refractivity contribution is 0.0189. The topological polar surface area (TPSA) is 77.7 Å². The first kappa shape index (κ1) is 19.7. The fraction of sp³-hybridized carbons (Fsp3) is 0.385. The molecule has 3 aliphatic heterocycles. The number of fused-ring (bicyclic) bond motifs is 4. The summed E-state index contributed by atoms with van der Waals surface area (Å²) in [4.78, 5) is 20.4. The number of anilines is 1. The summed E-state index contributed by atoms with van der Waals surface area (Å²) in [5, 5.41) is 0.965. The lowest BCUT2D eigenvalue weighted by Gasteiger charge is -2.32. The molecular weight excluding hydrogens is 402 g/mol.